The maximum absolute atomic E-state index is 12.8. The number of nitrogens with one attached hydrogen (secondary N) is 2. The van der Waals surface area contributed by atoms with Gasteiger partial charge in [0.15, 0.2) is 0 Å². The largest absolute Gasteiger partial charge is 0.312 e. The molecule has 2 N–H and O–H groups in total. The van der Waals surface area contributed by atoms with Gasteiger partial charge in [-0.15, -0.1) is 0 Å². The lowest BCUT2D eigenvalue weighted by Gasteiger charge is -2.15. The molecule has 0 aliphatic heterocycles. The molecule has 1 aromatic rings. The SMILES string of the molecule is CC(CNC1CC1)NCc1ccc(F)cc1Cl. The van der Waals surface area contributed by atoms with Crippen molar-refractivity contribution in [3.63, 3.8) is 0 Å². The molecule has 1 aromatic carbocycles. The number of halogens is 2. The lowest BCUT2D eigenvalue weighted by molar-refractivity contribution is 0.499. The van der Waals surface area contributed by atoms with Crippen LogP contribution < -0.4 is 10.6 Å². The highest BCUT2D eigenvalue weighted by Crippen LogP contribution is 2.19. The number of hydrogen-bond donors (Lipinski definition) is 2. The summed E-state index contributed by atoms with van der Waals surface area (Å²) in [5.41, 5.74) is 0.936. The predicted octanol–water partition coefficient (Wildman–Crippen LogP) is 2.71. The molecule has 1 aliphatic rings. The summed E-state index contributed by atoms with van der Waals surface area (Å²) in [4.78, 5) is 0. The van der Waals surface area contributed by atoms with Gasteiger partial charge < -0.3 is 10.6 Å². The van der Waals surface area contributed by atoms with Crippen LogP contribution in [0.15, 0.2) is 18.2 Å². The van der Waals surface area contributed by atoms with E-state index in [0.717, 1.165) is 18.2 Å². The molecule has 4 heteroatoms. The van der Waals surface area contributed by atoms with Crippen molar-refractivity contribution in [1.29, 1.82) is 0 Å². The predicted molar refractivity (Wildman–Crippen MR) is 68.7 cm³/mol. The summed E-state index contributed by atoms with van der Waals surface area (Å²) >= 11 is 5.95. The van der Waals surface area contributed by atoms with E-state index in [4.69, 9.17) is 11.6 Å². The first-order valence-electron chi connectivity index (χ1n) is 6.06. The fraction of sp³-hybridized carbons (Fsp3) is 0.538. The molecule has 0 bridgehead atoms. The monoisotopic (exact) mass is 256 g/mol. The van der Waals surface area contributed by atoms with Crippen molar-refractivity contribution in [1.82, 2.24) is 10.6 Å². The molecule has 1 fully saturated rings. The van der Waals surface area contributed by atoms with Crippen LogP contribution in [0, 0.1) is 5.82 Å². The van der Waals surface area contributed by atoms with Crippen molar-refractivity contribution in [2.24, 2.45) is 0 Å². The second-order valence-corrected chi connectivity index (χ2v) is 5.11. The van der Waals surface area contributed by atoms with E-state index in [1.165, 1.54) is 25.0 Å². The third-order valence-electron chi connectivity index (χ3n) is 2.95. The van der Waals surface area contributed by atoms with E-state index in [0.29, 0.717) is 17.6 Å². The lowest BCUT2D eigenvalue weighted by atomic mass is 10.2. The van der Waals surface area contributed by atoms with Crippen LogP contribution in [0.2, 0.25) is 5.02 Å². The average Bonchev–Trinajstić information content (AvgIpc) is 3.09. The Hall–Kier alpha value is -0.640. The van der Waals surface area contributed by atoms with Gasteiger partial charge in [0.25, 0.3) is 0 Å². The van der Waals surface area contributed by atoms with Gasteiger partial charge in [0.05, 0.1) is 0 Å². The second-order valence-electron chi connectivity index (χ2n) is 4.70. The highest BCUT2D eigenvalue weighted by atomic mass is 35.5. The summed E-state index contributed by atoms with van der Waals surface area (Å²) < 4.78 is 12.8. The van der Waals surface area contributed by atoms with Crippen LogP contribution in [-0.2, 0) is 6.54 Å². The van der Waals surface area contributed by atoms with E-state index in [-0.39, 0.29) is 5.82 Å². The Morgan fingerprint density at radius 1 is 1.47 bits per heavy atom. The average molecular weight is 257 g/mol. The standard InChI is InChI=1S/C13H18ClFN2/c1-9(7-17-12-4-5-12)16-8-10-2-3-11(15)6-13(10)14/h2-3,6,9,12,16-17H,4-5,7-8H2,1H3. The highest BCUT2D eigenvalue weighted by Gasteiger charge is 2.20. The molecule has 1 saturated carbocycles. The van der Waals surface area contributed by atoms with Gasteiger partial charge >= 0.3 is 0 Å². The van der Waals surface area contributed by atoms with E-state index in [1.54, 1.807) is 6.07 Å². The molecule has 0 amide bonds. The molecule has 0 spiro atoms. The fourth-order valence-corrected chi connectivity index (χ4v) is 1.89. The van der Waals surface area contributed by atoms with Crippen molar-refractivity contribution in [3.05, 3.63) is 34.6 Å². The number of rotatable bonds is 6. The lowest BCUT2D eigenvalue weighted by Crippen LogP contribution is -2.36. The maximum atomic E-state index is 12.8. The van der Waals surface area contributed by atoms with Crippen molar-refractivity contribution >= 4 is 11.6 Å². The zero-order valence-electron chi connectivity index (χ0n) is 9.97. The van der Waals surface area contributed by atoms with Crippen LogP contribution in [-0.4, -0.2) is 18.6 Å². The molecule has 0 saturated heterocycles. The quantitative estimate of drug-likeness (QED) is 0.818. The zero-order chi connectivity index (χ0) is 12.3. The molecule has 0 radical (unpaired) electrons. The first kappa shape index (κ1) is 12.8. The Kier molecular flexibility index (Phi) is 4.37. The van der Waals surface area contributed by atoms with Crippen LogP contribution in [0.5, 0.6) is 0 Å². The molecule has 17 heavy (non-hydrogen) atoms. The third-order valence-corrected chi connectivity index (χ3v) is 3.30. The molecule has 1 aliphatic carbocycles. The Bertz CT molecular complexity index is 380. The van der Waals surface area contributed by atoms with Crippen LogP contribution in [0.1, 0.15) is 25.3 Å². The van der Waals surface area contributed by atoms with Gasteiger partial charge in [0.1, 0.15) is 5.82 Å². The molecular weight excluding hydrogens is 239 g/mol. The van der Waals surface area contributed by atoms with E-state index >= 15 is 0 Å². The molecule has 1 unspecified atom stereocenters. The molecule has 2 nitrogen and oxygen atoms in total. The molecular formula is C13H18ClFN2. The van der Waals surface area contributed by atoms with E-state index in [1.807, 2.05) is 0 Å². The minimum absolute atomic E-state index is 0.290. The van der Waals surface area contributed by atoms with Gasteiger partial charge in [-0.1, -0.05) is 17.7 Å². The molecule has 2 rings (SSSR count). The van der Waals surface area contributed by atoms with Gasteiger partial charge in [-0.05, 0) is 37.5 Å². The van der Waals surface area contributed by atoms with Gasteiger partial charge in [-0.25, -0.2) is 4.39 Å². The summed E-state index contributed by atoms with van der Waals surface area (Å²) in [5, 5.41) is 7.32. The summed E-state index contributed by atoms with van der Waals surface area (Å²) in [6, 6.07) is 5.64. The minimum Gasteiger partial charge on any atom is -0.312 e. The summed E-state index contributed by atoms with van der Waals surface area (Å²) in [6.07, 6.45) is 2.60. The molecule has 0 heterocycles. The van der Waals surface area contributed by atoms with E-state index in [2.05, 4.69) is 17.6 Å². The van der Waals surface area contributed by atoms with E-state index < -0.39 is 0 Å². The van der Waals surface area contributed by atoms with E-state index in [9.17, 15) is 4.39 Å². The van der Waals surface area contributed by atoms with Crippen molar-refractivity contribution in [3.8, 4) is 0 Å². The highest BCUT2D eigenvalue weighted by molar-refractivity contribution is 6.31. The topological polar surface area (TPSA) is 24.1 Å². The zero-order valence-corrected chi connectivity index (χ0v) is 10.7. The maximum Gasteiger partial charge on any atom is 0.124 e. The smallest absolute Gasteiger partial charge is 0.124 e. The third kappa shape index (κ3) is 4.26. The van der Waals surface area contributed by atoms with Crippen molar-refractivity contribution in [2.75, 3.05) is 6.54 Å². The number of hydrogen-bond acceptors (Lipinski definition) is 2. The second kappa shape index (κ2) is 5.80. The Balaban J connectivity index is 1.75. The Morgan fingerprint density at radius 3 is 2.88 bits per heavy atom. The summed E-state index contributed by atoms with van der Waals surface area (Å²) in [6.45, 7) is 3.77. The van der Waals surface area contributed by atoms with Gasteiger partial charge in [0.2, 0.25) is 0 Å². The van der Waals surface area contributed by atoms with Crippen molar-refractivity contribution in [2.45, 2.75) is 38.4 Å². The molecule has 0 aromatic heterocycles. The van der Waals surface area contributed by atoms with Crippen molar-refractivity contribution < 1.29 is 4.39 Å². The van der Waals surface area contributed by atoms with Crippen LogP contribution in [0.25, 0.3) is 0 Å². The molecule has 1 atom stereocenters. The Morgan fingerprint density at radius 2 is 2.24 bits per heavy atom. The van der Waals surface area contributed by atoms with Gasteiger partial charge in [-0.3, -0.25) is 0 Å². The minimum atomic E-state index is -0.290. The fourth-order valence-electron chi connectivity index (χ4n) is 1.65. The number of benzene rings is 1. The summed E-state index contributed by atoms with van der Waals surface area (Å²) in [7, 11) is 0. The summed E-state index contributed by atoms with van der Waals surface area (Å²) in [5.74, 6) is -0.290. The molecule has 94 valence electrons. The van der Waals surface area contributed by atoms with Crippen LogP contribution >= 0.6 is 11.6 Å². The first-order chi connectivity index (χ1) is 8.15. The van der Waals surface area contributed by atoms with Crippen LogP contribution in [0.3, 0.4) is 0 Å². The van der Waals surface area contributed by atoms with Gasteiger partial charge in [0, 0.05) is 30.2 Å². The van der Waals surface area contributed by atoms with Crippen LogP contribution in [0.4, 0.5) is 4.39 Å². The Labute approximate surface area is 107 Å². The van der Waals surface area contributed by atoms with Gasteiger partial charge in [-0.2, -0.15) is 0 Å². The normalized spacial score (nSPS) is 17.1. The first-order valence-corrected chi connectivity index (χ1v) is 6.43.